The first-order chi connectivity index (χ1) is 14.9. The van der Waals surface area contributed by atoms with E-state index in [-0.39, 0.29) is 19.0 Å². The lowest BCUT2D eigenvalue weighted by Crippen LogP contribution is -2.33. The summed E-state index contributed by atoms with van der Waals surface area (Å²) in [7, 11) is 1.86. The van der Waals surface area contributed by atoms with Gasteiger partial charge in [-0.2, -0.15) is 10.3 Å². The molecule has 0 unspecified atom stereocenters. The Hall–Kier alpha value is -3.54. The van der Waals surface area contributed by atoms with E-state index in [0.717, 1.165) is 5.01 Å². The summed E-state index contributed by atoms with van der Waals surface area (Å²) in [4.78, 5) is 31.5. The number of hydrogen-bond donors (Lipinski definition) is 2. The summed E-state index contributed by atoms with van der Waals surface area (Å²) in [6, 6.07) is 4.59. The van der Waals surface area contributed by atoms with Gasteiger partial charge in [-0.25, -0.2) is 14.2 Å². The summed E-state index contributed by atoms with van der Waals surface area (Å²) in [5, 5.41) is 13.8. The van der Waals surface area contributed by atoms with Gasteiger partial charge in [0.25, 0.3) is 0 Å². The number of H-pyrrole nitrogens is 1. The maximum atomic E-state index is 14.9. The number of benzene rings is 1. The lowest BCUT2D eigenvalue weighted by Gasteiger charge is -2.14. The van der Waals surface area contributed by atoms with Gasteiger partial charge in [-0.1, -0.05) is 0 Å². The Morgan fingerprint density at radius 2 is 2.29 bits per heavy atom. The summed E-state index contributed by atoms with van der Waals surface area (Å²) >= 11 is 1.38. The van der Waals surface area contributed by atoms with E-state index < -0.39 is 18.0 Å². The first-order valence-electron chi connectivity index (χ1n) is 9.45. The summed E-state index contributed by atoms with van der Waals surface area (Å²) in [6.07, 6.45) is 2.18. The summed E-state index contributed by atoms with van der Waals surface area (Å²) in [5.74, 6) is 0.0123. The molecule has 10 nitrogen and oxygen atoms in total. The van der Waals surface area contributed by atoms with E-state index in [0.29, 0.717) is 28.5 Å². The SMILES string of the molecule is CC(=O)NC[C@H]1CN(c2ccc(-c3cnc(CN(C)c4cn[nH]n4)s3)c(F)c2)C(=O)O1. The highest BCUT2D eigenvalue weighted by Crippen LogP contribution is 2.32. The number of anilines is 2. The van der Waals surface area contributed by atoms with Crippen molar-refractivity contribution in [2.24, 2.45) is 0 Å². The number of cyclic esters (lactones) is 1. The highest BCUT2D eigenvalue weighted by Gasteiger charge is 2.32. The standard InChI is InChI=1S/C19H20FN7O3S/c1-11(28)21-6-13-9-27(19(29)30-13)12-3-4-14(15(20)5-12)16-7-22-18(31-16)10-26(2)17-8-23-25-24-17/h3-5,7-8,13H,6,9-10H2,1-2H3,(H,21,28)(H,23,24,25)/t13-/m0/s1. The number of amides is 2. The average Bonchev–Trinajstić information content (AvgIpc) is 3.47. The number of hydrogen-bond acceptors (Lipinski definition) is 8. The van der Waals surface area contributed by atoms with E-state index in [1.807, 2.05) is 11.9 Å². The molecule has 0 bridgehead atoms. The van der Waals surface area contributed by atoms with Crippen molar-refractivity contribution in [3.05, 3.63) is 41.4 Å². The molecule has 2 N–H and O–H groups in total. The van der Waals surface area contributed by atoms with Crippen molar-refractivity contribution < 1.29 is 18.7 Å². The Morgan fingerprint density at radius 1 is 1.45 bits per heavy atom. The number of aromatic amines is 1. The van der Waals surface area contributed by atoms with Crippen LogP contribution in [0.3, 0.4) is 0 Å². The smallest absolute Gasteiger partial charge is 0.414 e. The molecule has 3 aromatic rings. The van der Waals surface area contributed by atoms with Gasteiger partial charge in [0.15, 0.2) is 5.82 Å². The number of carbonyl (C=O) groups excluding carboxylic acids is 2. The van der Waals surface area contributed by atoms with Crippen LogP contribution >= 0.6 is 11.3 Å². The second kappa shape index (κ2) is 8.68. The Kier molecular flexibility index (Phi) is 5.80. The lowest BCUT2D eigenvalue weighted by atomic mass is 10.1. The highest BCUT2D eigenvalue weighted by molar-refractivity contribution is 7.15. The molecular weight excluding hydrogens is 425 g/mol. The van der Waals surface area contributed by atoms with Crippen LogP contribution in [-0.2, 0) is 16.1 Å². The Labute approximate surface area is 181 Å². The molecule has 0 spiro atoms. The zero-order valence-electron chi connectivity index (χ0n) is 16.8. The fourth-order valence-electron chi connectivity index (χ4n) is 3.14. The molecule has 1 saturated heterocycles. The van der Waals surface area contributed by atoms with Crippen LogP contribution in [0, 0.1) is 5.82 Å². The molecule has 1 aromatic carbocycles. The van der Waals surface area contributed by atoms with Gasteiger partial charge in [-0.3, -0.25) is 9.69 Å². The van der Waals surface area contributed by atoms with Crippen LogP contribution in [0.1, 0.15) is 11.9 Å². The van der Waals surface area contributed by atoms with E-state index in [2.05, 4.69) is 25.7 Å². The third-order valence-corrected chi connectivity index (χ3v) is 5.72. The van der Waals surface area contributed by atoms with Crippen LogP contribution < -0.4 is 15.1 Å². The maximum absolute atomic E-state index is 14.9. The lowest BCUT2D eigenvalue weighted by molar-refractivity contribution is -0.119. The monoisotopic (exact) mass is 445 g/mol. The van der Waals surface area contributed by atoms with Crippen molar-refractivity contribution in [1.29, 1.82) is 0 Å². The highest BCUT2D eigenvalue weighted by atomic mass is 32.1. The summed E-state index contributed by atoms with van der Waals surface area (Å²) in [6.45, 7) is 2.34. The Morgan fingerprint density at radius 3 is 3.00 bits per heavy atom. The zero-order chi connectivity index (χ0) is 22.0. The van der Waals surface area contributed by atoms with E-state index in [4.69, 9.17) is 4.74 Å². The normalized spacial score (nSPS) is 15.8. The second-order valence-corrected chi connectivity index (χ2v) is 8.14. The van der Waals surface area contributed by atoms with E-state index >= 15 is 0 Å². The molecule has 0 radical (unpaired) electrons. The van der Waals surface area contributed by atoms with Gasteiger partial charge in [0.1, 0.15) is 16.9 Å². The Balaban J connectivity index is 1.45. The van der Waals surface area contributed by atoms with Gasteiger partial charge < -0.3 is 15.0 Å². The molecule has 1 fully saturated rings. The van der Waals surface area contributed by atoms with Gasteiger partial charge in [-0.15, -0.1) is 16.4 Å². The third kappa shape index (κ3) is 4.63. The van der Waals surface area contributed by atoms with Crippen LogP contribution in [0.25, 0.3) is 10.4 Å². The fourth-order valence-corrected chi connectivity index (χ4v) is 4.14. The summed E-state index contributed by atoms with van der Waals surface area (Å²) in [5.41, 5.74) is 0.797. The summed E-state index contributed by atoms with van der Waals surface area (Å²) < 4.78 is 20.1. The molecule has 1 aliphatic rings. The van der Waals surface area contributed by atoms with Gasteiger partial charge in [0, 0.05) is 25.7 Å². The number of carbonyl (C=O) groups is 2. The van der Waals surface area contributed by atoms with Crippen molar-refractivity contribution >= 4 is 34.8 Å². The number of rotatable bonds is 7. The maximum Gasteiger partial charge on any atom is 0.414 e. The number of halogens is 1. The second-order valence-electron chi connectivity index (χ2n) is 7.02. The topological polar surface area (TPSA) is 116 Å². The van der Waals surface area contributed by atoms with Gasteiger partial charge in [0.2, 0.25) is 5.91 Å². The molecule has 1 aliphatic heterocycles. The predicted molar refractivity (Wildman–Crippen MR) is 112 cm³/mol. The number of nitrogens with zero attached hydrogens (tertiary/aromatic N) is 5. The average molecular weight is 445 g/mol. The molecule has 0 saturated carbocycles. The number of aromatic nitrogens is 4. The van der Waals surface area contributed by atoms with Gasteiger partial charge >= 0.3 is 6.09 Å². The van der Waals surface area contributed by atoms with Crippen LogP contribution in [0.15, 0.2) is 30.6 Å². The molecule has 0 aliphatic carbocycles. The van der Waals surface area contributed by atoms with Gasteiger partial charge in [-0.05, 0) is 18.2 Å². The molecule has 2 amide bonds. The van der Waals surface area contributed by atoms with Crippen LogP contribution in [0.4, 0.5) is 20.7 Å². The van der Waals surface area contributed by atoms with Crippen molar-refractivity contribution in [2.75, 3.05) is 29.9 Å². The van der Waals surface area contributed by atoms with Crippen LogP contribution in [0.5, 0.6) is 0 Å². The van der Waals surface area contributed by atoms with Crippen LogP contribution in [-0.4, -0.2) is 58.6 Å². The molecule has 162 valence electrons. The molecule has 1 atom stereocenters. The largest absolute Gasteiger partial charge is 0.442 e. The molecular formula is C19H20FN7O3S. The molecule has 31 heavy (non-hydrogen) atoms. The Bertz CT molecular complexity index is 1090. The molecule has 3 heterocycles. The van der Waals surface area contributed by atoms with E-state index in [9.17, 15) is 14.0 Å². The van der Waals surface area contributed by atoms with Crippen molar-refractivity contribution in [2.45, 2.75) is 19.6 Å². The first kappa shape index (κ1) is 20.7. The minimum Gasteiger partial charge on any atom is -0.442 e. The molecule has 12 heteroatoms. The number of thiazole rings is 1. The third-order valence-electron chi connectivity index (χ3n) is 4.70. The fraction of sp³-hybridized carbons (Fsp3) is 0.316. The minimum absolute atomic E-state index is 0.207. The molecule has 2 aromatic heterocycles. The van der Waals surface area contributed by atoms with Crippen LogP contribution in [0.2, 0.25) is 0 Å². The van der Waals surface area contributed by atoms with Crippen molar-refractivity contribution in [3.63, 3.8) is 0 Å². The number of ether oxygens (including phenoxy) is 1. The van der Waals surface area contributed by atoms with Gasteiger partial charge in [0.05, 0.1) is 36.4 Å². The first-order valence-corrected chi connectivity index (χ1v) is 10.3. The van der Waals surface area contributed by atoms with Crippen molar-refractivity contribution in [1.82, 2.24) is 25.7 Å². The number of nitrogens with one attached hydrogen (secondary N) is 2. The minimum atomic E-state index is -0.571. The van der Waals surface area contributed by atoms with E-state index in [1.54, 1.807) is 24.5 Å². The molecule has 4 rings (SSSR count). The zero-order valence-corrected chi connectivity index (χ0v) is 17.6. The van der Waals surface area contributed by atoms with Crippen molar-refractivity contribution in [3.8, 4) is 10.4 Å². The van der Waals surface area contributed by atoms with E-state index in [1.165, 1.54) is 29.2 Å². The quantitative estimate of drug-likeness (QED) is 0.572. The predicted octanol–water partition coefficient (Wildman–Crippen LogP) is 2.17.